The number of carbonyl (C=O) groups excluding carboxylic acids is 1. The van der Waals surface area contributed by atoms with Gasteiger partial charge in [0.15, 0.2) is 17.5 Å². The smallest absolute Gasteiger partial charge is 0.251 e. The second-order valence-corrected chi connectivity index (χ2v) is 5.25. The molecule has 1 amide bonds. The Morgan fingerprint density at radius 2 is 1.92 bits per heavy atom. The molecule has 0 saturated heterocycles. The lowest BCUT2D eigenvalue weighted by Crippen LogP contribution is -2.25. The van der Waals surface area contributed by atoms with Crippen LogP contribution in [0.4, 0.5) is 8.78 Å². The average molecular weight is 359 g/mol. The Bertz CT molecular complexity index is 912. The van der Waals surface area contributed by atoms with Crippen LogP contribution >= 0.6 is 0 Å². The number of hydrogen-bond donors (Lipinski definition) is 1. The quantitative estimate of drug-likeness (QED) is 0.730. The summed E-state index contributed by atoms with van der Waals surface area (Å²) in [4.78, 5) is 12.1. The van der Waals surface area contributed by atoms with Crippen LogP contribution in [-0.2, 0) is 6.54 Å². The molecule has 9 heteroatoms. The summed E-state index contributed by atoms with van der Waals surface area (Å²) in [5.74, 6) is -1.56. The summed E-state index contributed by atoms with van der Waals surface area (Å²) in [6, 6.07) is 10.1. The van der Waals surface area contributed by atoms with Gasteiger partial charge in [-0.1, -0.05) is 0 Å². The molecule has 1 heterocycles. The van der Waals surface area contributed by atoms with E-state index < -0.39 is 17.5 Å². The summed E-state index contributed by atoms with van der Waals surface area (Å²) in [7, 11) is 0. The molecule has 1 aromatic heterocycles. The van der Waals surface area contributed by atoms with Gasteiger partial charge in [0.05, 0.1) is 18.8 Å². The molecule has 0 unspecified atom stereocenters. The van der Waals surface area contributed by atoms with Gasteiger partial charge in [0.2, 0.25) is 0 Å². The third kappa shape index (κ3) is 3.82. The van der Waals surface area contributed by atoms with E-state index in [0.717, 1.165) is 17.9 Å². The van der Waals surface area contributed by atoms with Gasteiger partial charge in [-0.05, 0) is 59.8 Å². The normalized spacial score (nSPS) is 10.6. The number of hydrogen-bond acceptors (Lipinski definition) is 5. The molecule has 0 aliphatic heterocycles. The fourth-order valence-electron chi connectivity index (χ4n) is 2.27. The highest BCUT2D eigenvalue weighted by molar-refractivity contribution is 5.94. The Morgan fingerprint density at radius 3 is 2.62 bits per heavy atom. The first kappa shape index (κ1) is 17.5. The van der Waals surface area contributed by atoms with Crippen molar-refractivity contribution in [3.63, 3.8) is 0 Å². The summed E-state index contributed by atoms with van der Waals surface area (Å²) in [6.07, 6.45) is 0. The third-order valence-electron chi connectivity index (χ3n) is 3.52. The molecule has 0 fully saturated rings. The monoisotopic (exact) mass is 359 g/mol. The van der Waals surface area contributed by atoms with Crippen molar-refractivity contribution in [3.8, 4) is 11.4 Å². The molecule has 7 nitrogen and oxygen atoms in total. The van der Waals surface area contributed by atoms with Gasteiger partial charge in [-0.25, -0.2) is 8.78 Å². The first-order valence-corrected chi connectivity index (χ1v) is 7.82. The van der Waals surface area contributed by atoms with Gasteiger partial charge in [0.25, 0.3) is 5.91 Å². The molecule has 0 atom stereocenters. The van der Waals surface area contributed by atoms with E-state index in [9.17, 15) is 13.6 Å². The minimum atomic E-state index is -1.09. The predicted octanol–water partition coefficient (Wildman–Crippen LogP) is 2.27. The summed E-state index contributed by atoms with van der Waals surface area (Å²) in [5, 5.41) is 13.9. The van der Waals surface area contributed by atoms with Gasteiger partial charge >= 0.3 is 0 Å². The Labute approximate surface area is 147 Å². The van der Waals surface area contributed by atoms with E-state index in [-0.39, 0.29) is 12.1 Å². The van der Waals surface area contributed by atoms with E-state index in [0.29, 0.717) is 18.1 Å². The van der Waals surface area contributed by atoms with Crippen LogP contribution in [0.15, 0.2) is 42.5 Å². The van der Waals surface area contributed by atoms with Crippen molar-refractivity contribution >= 4 is 5.91 Å². The molecule has 1 N–H and O–H groups in total. The number of nitrogens with zero attached hydrogens (tertiary/aromatic N) is 4. The standard InChI is InChI=1S/C17H15F2N5O2/c1-2-26-13-6-4-12(5-7-13)24-16(21-22-23-24)10-20-17(25)11-3-8-14(18)15(19)9-11/h3-9H,2,10H2,1H3,(H,20,25). The molecule has 2 aromatic carbocycles. The summed E-state index contributed by atoms with van der Waals surface area (Å²) < 4.78 is 33.0. The number of carbonyl (C=O) groups is 1. The van der Waals surface area contributed by atoms with Crippen LogP contribution in [0.1, 0.15) is 23.1 Å². The van der Waals surface area contributed by atoms with Crippen molar-refractivity contribution in [2.75, 3.05) is 6.61 Å². The van der Waals surface area contributed by atoms with Crippen LogP contribution in [0.5, 0.6) is 5.75 Å². The van der Waals surface area contributed by atoms with Crippen molar-refractivity contribution in [2.45, 2.75) is 13.5 Å². The van der Waals surface area contributed by atoms with Gasteiger partial charge in [-0.2, -0.15) is 4.68 Å². The first-order valence-electron chi connectivity index (χ1n) is 7.82. The van der Waals surface area contributed by atoms with Crippen molar-refractivity contribution in [2.24, 2.45) is 0 Å². The van der Waals surface area contributed by atoms with Crippen molar-refractivity contribution in [3.05, 3.63) is 65.5 Å². The zero-order valence-corrected chi connectivity index (χ0v) is 13.8. The number of aromatic nitrogens is 4. The zero-order chi connectivity index (χ0) is 18.5. The highest BCUT2D eigenvalue weighted by atomic mass is 19.2. The molecule has 26 heavy (non-hydrogen) atoms. The Kier molecular flexibility index (Phi) is 5.16. The number of halogens is 2. The maximum atomic E-state index is 13.2. The molecule has 0 bridgehead atoms. The van der Waals surface area contributed by atoms with Crippen molar-refractivity contribution in [1.29, 1.82) is 0 Å². The van der Waals surface area contributed by atoms with E-state index in [1.807, 2.05) is 6.92 Å². The molecule has 0 aliphatic carbocycles. The highest BCUT2D eigenvalue weighted by Gasteiger charge is 2.13. The van der Waals surface area contributed by atoms with Gasteiger partial charge in [0, 0.05) is 5.56 Å². The number of ether oxygens (including phenoxy) is 1. The fourth-order valence-corrected chi connectivity index (χ4v) is 2.27. The number of amides is 1. The van der Waals surface area contributed by atoms with Crippen LogP contribution in [0.25, 0.3) is 5.69 Å². The van der Waals surface area contributed by atoms with Gasteiger partial charge in [-0.15, -0.1) is 5.10 Å². The summed E-state index contributed by atoms with van der Waals surface area (Å²) in [6.45, 7) is 2.46. The number of tetrazole rings is 1. The number of nitrogens with one attached hydrogen (secondary N) is 1. The van der Waals surface area contributed by atoms with E-state index in [1.165, 1.54) is 10.7 Å². The maximum absolute atomic E-state index is 13.2. The molecule has 134 valence electrons. The van der Waals surface area contributed by atoms with E-state index in [4.69, 9.17) is 4.74 Å². The molecule has 0 saturated carbocycles. The molecule has 0 spiro atoms. The summed E-state index contributed by atoms with van der Waals surface area (Å²) in [5.41, 5.74) is 0.694. The Morgan fingerprint density at radius 1 is 1.15 bits per heavy atom. The zero-order valence-electron chi connectivity index (χ0n) is 13.8. The van der Waals surface area contributed by atoms with E-state index in [2.05, 4.69) is 20.8 Å². The van der Waals surface area contributed by atoms with Crippen LogP contribution in [0.3, 0.4) is 0 Å². The third-order valence-corrected chi connectivity index (χ3v) is 3.52. The molecule has 3 rings (SSSR count). The largest absolute Gasteiger partial charge is 0.494 e. The molecule has 0 aliphatic rings. The van der Waals surface area contributed by atoms with Gasteiger partial charge < -0.3 is 10.1 Å². The Balaban J connectivity index is 1.70. The van der Waals surface area contributed by atoms with Gasteiger partial charge in [0.1, 0.15) is 5.75 Å². The molecular formula is C17H15F2N5O2. The SMILES string of the molecule is CCOc1ccc(-n2nnnc2CNC(=O)c2ccc(F)c(F)c2)cc1. The number of rotatable bonds is 6. The van der Waals surface area contributed by atoms with Crippen LogP contribution in [-0.4, -0.2) is 32.7 Å². The molecule has 0 radical (unpaired) electrons. The van der Waals surface area contributed by atoms with Crippen molar-refractivity contribution < 1.29 is 18.3 Å². The van der Waals surface area contributed by atoms with Gasteiger partial charge in [-0.3, -0.25) is 4.79 Å². The van der Waals surface area contributed by atoms with Crippen LogP contribution in [0, 0.1) is 11.6 Å². The topological polar surface area (TPSA) is 81.9 Å². The van der Waals surface area contributed by atoms with E-state index >= 15 is 0 Å². The van der Waals surface area contributed by atoms with Crippen molar-refractivity contribution in [1.82, 2.24) is 25.5 Å². The summed E-state index contributed by atoms with van der Waals surface area (Å²) >= 11 is 0. The minimum absolute atomic E-state index is 0.00370. The molecule has 3 aromatic rings. The van der Waals surface area contributed by atoms with Crippen LogP contribution in [0.2, 0.25) is 0 Å². The second kappa shape index (κ2) is 7.68. The lowest BCUT2D eigenvalue weighted by molar-refractivity contribution is 0.0949. The average Bonchev–Trinajstić information content (AvgIpc) is 3.11. The first-order chi connectivity index (χ1) is 12.6. The number of benzene rings is 2. The highest BCUT2D eigenvalue weighted by Crippen LogP contribution is 2.15. The predicted molar refractivity (Wildman–Crippen MR) is 87.9 cm³/mol. The van der Waals surface area contributed by atoms with Crippen LogP contribution < -0.4 is 10.1 Å². The fraction of sp³-hybridized carbons (Fsp3) is 0.176. The minimum Gasteiger partial charge on any atom is -0.494 e. The molecular weight excluding hydrogens is 344 g/mol. The van der Waals surface area contributed by atoms with E-state index in [1.54, 1.807) is 24.3 Å². The lowest BCUT2D eigenvalue weighted by atomic mass is 10.2. The lowest BCUT2D eigenvalue weighted by Gasteiger charge is -2.08. The second-order valence-electron chi connectivity index (χ2n) is 5.25. The maximum Gasteiger partial charge on any atom is 0.251 e. The Hall–Kier alpha value is -3.36.